The fourth-order valence-electron chi connectivity index (χ4n) is 8.70. The van der Waals surface area contributed by atoms with E-state index in [0.29, 0.717) is 37.3 Å². The minimum Gasteiger partial charge on any atom is -0.377 e. The van der Waals surface area contributed by atoms with Crippen LogP contribution in [-0.2, 0) is 35.5 Å². The molecule has 3 atom stereocenters. The zero-order valence-electron chi connectivity index (χ0n) is 32.8. The number of piperidine rings is 1. The third kappa shape index (κ3) is 8.69. The van der Waals surface area contributed by atoms with E-state index in [1.54, 1.807) is 45.2 Å². The fourth-order valence-corrected chi connectivity index (χ4v) is 9.27. The molecule has 1 saturated carbocycles. The third-order valence-electron chi connectivity index (χ3n) is 12.0. The number of rotatable bonds is 10. The highest BCUT2D eigenvalue weighted by Gasteiger charge is 2.53. The lowest BCUT2D eigenvalue weighted by Gasteiger charge is -2.44. The Labute approximate surface area is 335 Å². The molecule has 3 aliphatic heterocycles. The third-order valence-corrected chi connectivity index (χ3v) is 12.3. The quantitative estimate of drug-likeness (QED) is 0.253. The van der Waals surface area contributed by atoms with Crippen LogP contribution in [0.1, 0.15) is 89.8 Å². The number of piperazine rings is 1. The molecule has 57 heavy (non-hydrogen) atoms. The molecule has 1 aromatic carbocycles. The van der Waals surface area contributed by atoms with Crippen LogP contribution in [-0.4, -0.2) is 111 Å². The molecule has 2 aromatic rings. The summed E-state index contributed by atoms with van der Waals surface area (Å²) in [7, 11) is 0. The van der Waals surface area contributed by atoms with Crippen LogP contribution in [0.2, 0.25) is 0 Å². The van der Waals surface area contributed by atoms with Gasteiger partial charge in [-0.1, -0.05) is 0 Å². The van der Waals surface area contributed by atoms with Crippen LogP contribution in [0.3, 0.4) is 0 Å². The highest BCUT2D eigenvalue weighted by molar-refractivity contribution is 7.80. The summed E-state index contributed by atoms with van der Waals surface area (Å²) in [5.41, 5.74) is -2.93. The Morgan fingerprint density at radius 2 is 1.75 bits per heavy atom. The van der Waals surface area contributed by atoms with Crippen LogP contribution in [0.25, 0.3) is 0 Å². The van der Waals surface area contributed by atoms with Crippen molar-refractivity contribution in [2.75, 3.05) is 43.0 Å². The first-order valence-corrected chi connectivity index (χ1v) is 19.7. The maximum Gasteiger partial charge on any atom is 0.417 e. The molecule has 3 saturated heterocycles. The largest absolute Gasteiger partial charge is 0.417 e. The van der Waals surface area contributed by atoms with E-state index in [0.717, 1.165) is 49.5 Å². The maximum atomic E-state index is 13.7. The van der Waals surface area contributed by atoms with Crippen molar-refractivity contribution in [2.45, 2.75) is 115 Å². The van der Waals surface area contributed by atoms with Crippen LogP contribution < -0.4 is 15.5 Å². The summed E-state index contributed by atoms with van der Waals surface area (Å²) < 4.78 is 47.5. The van der Waals surface area contributed by atoms with Gasteiger partial charge in [0.15, 0.2) is 5.11 Å². The lowest BCUT2D eigenvalue weighted by molar-refractivity contribution is -0.138. The van der Waals surface area contributed by atoms with Gasteiger partial charge in [-0.2, -0.15) is 18.4 Å². The fraction of sp³-hybridized carbons (Fsp3) is 0.575. The van der Waals surface area contributed by atoms with Crippen LogP contribution in [0.15, 0.2) is 36.5 Å². The lowest BCUT2D eigenvalue weighted by atomic mass is 9.76. The second kappa shape index (κ2) is 16.4. The van der Waals surface area contributed by atoms with Crippen LogP contribution in [0.4, 0.5) is 24.7 Å². The van der Waals surface area contributed by atoms with E-state index in [2.05, 4.69) is 39.3 Å². The van der Waals surface area contributed by atoms with Gasteiger partial charge < -0.3 is 15.0 Å². The number of aromatic nitrogens is 1. The summed E-state index contributed by atoms with van der Waals surface area (Å²) in [5.74, 6) is -0.935. The molecule has 306 valence electrons. The standard InChI is InChI=1S/C40H49F3N8O5S/c1-24-21-48(22-25(2)49(24)23-34(53)46-32-18-27(13-15-45-32)39(5)14-12-33(52)47-35(39)54)16-17-56-30-10-8-28(9-11-30)51-37(57)50(36(55)38(51,3)4)29-7-6-26(20-44)31(19-29)40(41,42)43/h6-7,13,15,18-19,24-25,28,30H,8-12,14,16-17,21-23H2,1-5H3,(H,45,46,53)(H,47,52,54)/t24-,25+,28?,30?,39-/m1/s1. The van der Waals surface area contributed by atoms with Crippen LogP contribution in [0, 0.1) is 11.3 Å². The zero-order chi connectivity index (χ0) is 41.4. The minimum absolute atomic E-state index is 0.0159. The molecular weight excluding hydrogens is 762 g/mol. The number of thiocarbonyl (C=S) groups is 1. The average Bonchev–Trinajstić information content (AvgIpc) is 3.33. The summed E-state index contributed by atoms with van der Waals surface area (Å²) in [6, 6.07) is 8.30. The number of nitrogens with zero attached hydrogens (tertiary/aromatic N) is 6. The number of nitrogens with one attached hydrogen (secondary N) is 2. The Kier molecular flexibility index (Phi) is 12.1. The summed E-state index contributed by atoms with van der Waals surface area (Å²) in [6.45, 7) is 12.4. The summed E-state index contributed by atoms with van der Waals surface area (Å²) in [6.07, 6.45) is 0.289. The first-order valence-electron chi connectivity index (χ1n) is 19.3. The van der Waals surface area contributed by atoms with Gasteiger partial charge in [0.2, 0.25) is 17.7 Å². The van der Waals surface area contributed by atoms with E-state index in [9.17, 15) is 37.6 Å². The minimum atomic E-state index is -4.77. The highest BCUT2D eigenvalue weighted by Crippen LogP contribution is 2.41. The molecule has 4 heterocycles. The number of nitriles is 1. The SMILES string of the molecule is C[C@@H]1CN(CCOC2CCC(N3C(=S)N(c4ccc(C#N)c(C(F)(F)F)c4)C(=O)C3(C)C)CC2)C[C@H](C)N1CC(=O)Nc1cc([C@@]2(C)CCC(=O)NC2=O)ccn1. The number of halogens is 3. The van der Waals surface area contributed by atoms with Gasteiger partial charge in [-0.15, -0.1) is 0 Å². The summed E-state index contributed by atoms with van der Waals surface area (Å²) >= 11 is 5.74. The molecule has 1 aromatic heterocycles. The number of hydrogen-bond acceptors (Lipinski definition) is 10. The van der Waals surface area contributed by atoms with Gasteiger partial charge >= 0.3 is 6.18 Å². The number of ether oxygens (including phenoxy) is 1. The Bertz CT molecular complexity index is 1950. The molecule has 2 N–H and O–H groups in total. The molecule has 4 amide bonds. The summed E-state index contributed by atoms with van der Waals surface area (Å²) in [5, 5.41) is 14.7. The Morgan fingerprint density at radius 1 is 1.07 bits per heavy atom. The molecule has 0 spiro atoms. The van der Waals surface area contributed by atoms with Crippen molar-refractivity contribution >= 4 is 52.5 Å². The van der Waals surface area contributed by atoms with Crippen molar-refractivity contribution in [1.29, 1.82) is 5.26 Å². The number of anilines is 2. The van der Waals surface area contributed by atoms with Gasteiger partial charge in [-0.05, 0) is 115 Å². The van der Waals surface area contributed by atoms with Gasteiger partial charge in [0, 0.05) is 50.4 Å². The maximum absolute atomic E-state index is 13.7. The smallest absolute Gasteiger partial charge is 0.377 e. The number of carbonyl (C=O) groups is 4. The van der Waals surface area contributed by atoms with Crippen molar-refractivity contribution in [3.05, 3.63) is 53.2 Å². The molecule has 17 heteroatoms. The van der Waals surface area contributed by atoms with Gasteiger partial charge in [-0.25, -0.2) is 4.98 Å². The normalized spacial score (nSPS) is 27.4. The molecule has 6 rings (SSSR count). The van der Waals surface area contributed by atoms with Gasteiger partial charge in [0.05, 0.1) is 47.6 Å². The van der Waals surface area contributed by atoms with E-state index < -0.39 is 34.2 Å². The lowest BCUT2D eigenvalue weighted by Crippen LogP contribution is -2.58. The van der Waals surface area contributed by atoms with Crippen LogP contribution in [0.5, 0.6) is 0 Å². The van der Waals surface area contributed by atoms with Crippen molar-refractivity contribution in [3.63, 3.8) is 0 Å². The molecule has 0 radical (unpaired) electrons. The predicted octanol–water partition coefficient (Wildman–Crippen LogP) is 4.74. The summed E-state index contributed by atoms with van der Waals surface area (Å²) in [4.78, 5) is 62.9. The van der Waals surface area contributed by atoms with Crippen molar-refractivity contribution in [2.24, 2.45) is 0 Å². The number of pyridine rings is 1. The second-order valence-corrected chi connectivity index (χ2v) is 16.7. The Balaban J connectivity index is 0.960. The number of benzene rings is 1. The number of hydrogen-bond donors (Lipinski definition) is 2. The molecule has 1 aliphatic carbocycles. The van der Waals surface area contributed by atoms with Crippen molar-refractivity contribution in [3.8, 4) is 6.07 Å². The average molecular weight is 811 g/mol. The first kappa shape index (κ1) is 42.1. The molecular formula is C40H49F3N8O5S. The molecule has 0 bridgehead atoms. The first-order chi connectivity index (χ1) is 26.8. The predicted molar refractivity (Wildman–Crippen MR) is 209 cm³/mol. The Hall–Kier alpha value is -4.50. The van der Waals surface area contributed by atoms with E-state index in [4.69, 9.17) is 17.0 Å². The number of alkyl halides is 3. The van der Waals surface area contributed by atoms with Gasteiger partial charge in [-0.3, -0.25) is 39.2 Å². The Morgan fingerprint density at radius 3 is 2.39 bits per heavy atom. The molecule has 4 fully saturated rings. The monoisotopic (exact) mass is 810 g/mol. The topological polar surface area (TPSA) is 151 Å². The molecule has 13 nitrogen and oxygen atoms in total. The zero-order valence-corrected chi connectivity index (χ0v) is 33.6. The van der Waals surface area contributed by atoms with Crippen LogP contribution >= 0.6 is 12.2 Å². The number of imide groups is 1. The molecule has 4 aliphatic rings. The van der Waals surface area contributed by atoms with E-state index in [1.165, 1.54) is 6.07 Å². The van der Waals surface area contributed by atoms with E-state index in [1.807, 2.05) is 4.90 Å². The highest BCUT2D eigenvalue weighted by atomic mass is 32.1. The number of amides is 4. The van der Waals surface area contributed by atoms with Gasteiger partial charge in [0.25, 0.3) is 5.91 Å². The van der Waals surface area contributed by atoms with Gasteiger partial charge in [0.1, 0.15) is 11.4 Å². The van der Waals surface area contributed by atoms with E-state index >= 15 is 0 Å². The number of carbonyl (C=O) groups excluding carboxylic acids is 4. The molecule has 0 unspecified atom stereocenters. The second-order valence-electron chi connectivity index (χ2n) is 16.3. The van der Waals surface area contributed by atoms with E-state index in [-0.39, 0.29) is 65.7 Å². The van der Waals surface area contributed by atoms with Crippen molar-refractivity contribution < 1.29 is 37.1 Å². The van der Waals surface area contributed by atoms with Crippen molar-refractivity contribution in [1.82, 2.24) is 25.0 Å².